The van der Waals surface area contributed by atoms with Gasteiger partial charge in [0.1, 0.15) is 0 Å². The van der Waals surface area contributed by atoms with Gasteiger partial charge in [-0.05, 0) is 12.8 Å². The molecule has 0 saturated carbocycles. The monoisotopic (exact) mass is 233 g/mol. The average Bonchev–Trinajstić information content (AvgIpc) is 2.35. The summed E-state index contributed by atoms with van der Waals surface area (Å²) in [6.07, 6.45) is 2.74. The normalized spacial score (nSPS) is 17.6. The number of rotatable bonds is 4. The minimum Gasteiger partial charge on any atom is -0.283 e. The van der Waals surface area contributed by atoms with Crippen LogP contribution in [0.5, 0.6) is 0 Å². The van der Waals surface area contributed by atoms with Gasteiger partial charge in [0.25, 0.3) is 0 Å². The molecular formula is C8H12BrNO2. The van der Waals surface area contributed by atoms with Crippen molar-refractivity contribution >= 4 is 27.7 Å². The van der Waals surface area contributed by atoms with E-state index in [-0.39, 0.29) is 11.8 Å². The Balaban J connectivity index is 2.30. The molecule has 0 unspecified atom stereocenters. The van der Waals surface area contributed by atoms with Crippen LogP contribution in [-0.4, -0.2) is 28.6 Å². The standard InChI is InChI=1S/C8H12BrNO2/c9-5-1-2-6-10-7(11)3-4-8(10)12/h1-6H2. The summed E-state index contributed by atoms with van der Waals surface area (Å²) in [5, 5.41) is 0.934. The third-order valence-corrected chi connectivity index (χ3v) is 2.48. The first-order valence-electron chi connectivity index (χ1n) is 4.15. The lowest BCUT2D eigenvalue weighted by Gasteiger charge is -2.12. The van der Waals surface area contributed by atoms with Crippen LogP contribution in [0.2, 0.25) is 0 Å². The summed E-state index contributed by atoms with van der Waals surface area (Å²) < 4.78 is 0. The highest BCUT2D eigenvalue weighted by atomic mass is 79.9. The first-order chi connectivity index (χ1) is 5.75. The van der Waals surface area contributed by atoms with E-state index >= 15 is 0 Å². The fourth-order valence-corrected chi connectivity index (χ4v) is 1.63. The zero-order valence-corrected chi connectivity index (χ0v) is 8.47. The summed E-state index contributed by atoms with van der Waals surface area (Å²) in [5.41, 5.74) is 0. The number of amides is 2. The van der Waals surface area contributed by atoms with Crippen LogP contribution in [0.4, 0.5) is 0 Å². The quantitative estimate of drug-likeness (QED) is 0.418. The Hall–Kier alpha value is -0.380. The van der Waals surface area contributed by atoms with E-state index in [0.717, 1.165) is 18.2 Å². The molecule has 1 saturated heterocycles. The molecule has 1 aliphatic rings. The first kappa shape index (κ1) is 9.71. The van der Waals surface area contributed by atoms with Gasteiger partial charge in [-0.2, -0.15) is 0 Å². The van der Waals surface area contributed by atoms with E-state index in [4.69, 9.17) is 0 Å². The van der Waals surface area contributed by atoms with Gasteiger partial charge in [-0.25, -0.2) is 0 Å². The van der Waals surface area contributed by atoms with Gasteiger partial charge in [-0.15, -0.1) is 0 Å². The summed E-state index contributed by atoms with van der Waals surface area (Å²) >= 11 is 3.30. The number of unbranched alkanes of at least 4 members (excludes halogenated alkanes) is 1. The molecule has 68 valence electrons. The van der Waals surface area contributed by atoms with Gasteiger partial charge >= 0.3 is 0 Å². The number of likely N-dealkylation sites (tertiary alicyclic amines) is 1. The molecule has 3 nitrogen and oxygen atoms in total. The van der Waals surface area contributed by atoms with Crippen molar-refractivity contribution in [2.75, 3.05) is 11.9 Å². The Morgan fingerprint density at radius 3 is 2.25 bits per heavy atom. The molecular weight excluding hydrogens is 222 g/mol. The van der Waals surface area contributed by atoms with Gasteiger partial charge in [0.2, 0.25) is 11.8 Å². The lowest BCUT2D eigenvalue weighted by molar-refractivity contribution is -0.138. The van der Waals surface area contributed by atoms with E-state index in [1.54, 1.807) is 0 Å². The molecule has 1 heterocycles. The smallest absolute Gasteiger partial charge is 0.229 e. The molecule has 1 fully saturated rings. The maximum absolute atomic E-state index is 11.1. The Morgan fingerprint density at radius 1 is 1.17 bits per heavy atom. The number of halogens is 1. The Morgan fingerprint density at radius 2 is 1.75 bits per heavy atom. The van der Waals surface area contributed by atoms with Crippen LogP contribution in [0.3, 0.4) is 0 Å². The van der Waals surface area contributed by atoms with E-state index in [2.05, 4.69) is 15.9 Å². The highest BCUT2D eigenvalue weighted by molar-refractivity contribution is 9.09. The van der Waals surface area contributed by atoms with Crippen LogP contribution < -0.4 is 0 Å². The summed E-state index contributed by atoms with van der Waals surface area (Å²) in [5.74, 6) is -0.0101. The molecule has 4 heteroatoms. The van der Waals surface area contributed by atoms with Crippen LogP contribution >= 0.6 is 15.9 Å². The lowest BCUT2D eigenvalue weighted by Crippen LogP contribution is -2.29. The van der Waals surface area contributed by atoms with E-state index in [1.807, 2.05) is 0 Å². The van der Waals surface area contributed by atoms with Crippen molar-refractivity contribution in [3.8, 4) is 0 Å². The average molecular weight is 234 g/mol. The van der Waals surface area contributed by atoms with Crippen LogP contribution in [-0.2, 0) is 9.59 Å². The third-order valence-electron chi connectivity index (χ3n) is 1.92. The van der Waals surface area contributed by atoms with Crippen LogP contribution in [0.25, 0.3) is 0 Å². The topological polar surface area (TPSA) is 37.4 Å². The van der Waals surface area contributed by atoms with E-state index in [9.17, 15) is 9.59 Å². The number of hydrogen-bond donors (Lipinski definition) is 0. The molecule has 0 aromatic heterocycles. The number of nitrogens with zero attached hydrogens (tertiary/aromatic N) is 1. The van der Waals surface area contributed by atoms with Crippen molar-refractivity contribution in [3.05, 3.63) is 0 Å². The van der Waals surface area contributed by atoms with Gasteiger partial charge in [0, 0.05) is 24.7 Å². The molecule has 0 N–H and O–H groups in total. The van der Waals surface area contributed by atoms with Crippen molar-refractivity contribution in [1.82, 2.24) is 4.90 Å². The first-order valence-corrected chi connectivity index (χ1v) is 5.27. The predicted octanol–water partition coefficient (Wildman–Crippen LogP) is 1.31. The molecule has 0 aliphatic carbocycles. The fourth-order valence-electron chi connectivity index (χ4n) is 1.24. The molecule has 0 radical (unpaired) electrons. The number of alkyl halides is 1. The Labute approximate surface area is 80.2 Å². The Kier molecular flexibility index (Phi) is 3.72. The summed E-state index contributed by atoms with van der Waals surface area (Å²) in [4.78, 5) is 23.5. The van der Waals surface area contributed by atoms with Gasteiger partial charge in [-0.1, -0.05) is 15.9 Å². The SMILES string of the molecule is O=C1CCC(=O)N1CCCCBr. The van der Waals surface area contributed by atoms with Gasteiger partial charge < -0.3 is 0 Å². The van der Waals surface area contributed by atoms with Crippen molar-refractivity contribution in [2.24, 2.45) is 0 Å². The molecule has 12 heavy (non-hydrogen) atoms. The van der Waals surface area contributed by atoms with Gasteiger partial charge in [0.15, 0.2) is 0 Å². The molecule has 1 aliphatic heterocycles. The maximum Gasteiger partial charge on any atom is 0.229 e. The molecule has 0 aromatic carbocycles. The molecule has 0 bridgehead atoms. The van der Waals surface area contributed by atoms with Crippen LogP contribution in [0.1, 0.15) is 25.7 Å². The second-order valence-electron chi connectivity index (χ2n) is 2.84. The highest BCUT2D eigenvalue weighted by Gasteiger charge is 2.27. The third kappa shape index (κ3) is 2.30. The number of carbonyl (C=O) groups excluding carboxylic acids is 2. The molecule has 2 amide bonds. The van der Waals surface area contributed by atoms with Gasteiger partial charge in [0.05, 0.1) is 0 Å². The number of imide groups is 1. The summed E-state index contributed by atoms with van der Waals surface area (Å²) in [7, 11) is 0. The van der Waals surface area contributed by atoms with Crippen molar-refractivity contribution in [3.63, 3.8) is 0 Å². The van der Waals surface area contributed by atoms with Crippen LogP contribution in [0.15, 0.2) is 0 Å². The zero-order valence-electron chi connectivity index (χ0n) is 6.88. The summed E-state index contributed by atoms with van der Waals surface area (Å²) in [6.45, 7) is 0.600. The molecule has 0 atom stereocenters. The molecule has 0 aromatic rings. The second-order valence-corrected chi connectivity index (χ2v) is 3.63. The molecule has 1 rings (SSSR count). The fraction of sp³-hybridized carbons (Fsp3) is 0.750. The zero-order chi connectivity index (χ0) is 8.97. The minimum absolute atomic E-state index is 0.00503. The van der Waals surface area contributed by atoms with Crippen LogP contribution in [0, 0.1) is 0 Å². The van der Waals surface area contributed by atoms with Crippen molar-refractivity contribution < 1.29 is 9.59 Å². The molecule has 0 spiro atoms. The second kappa shape index (κ2) is 4.60. The van der Waals surface area contributed by atoms with E-state index in [0.29, 0.717) is 19.4 Å². The van der Waals surface area contributed by atoms with E-state index < -0.39 is 0 Å². The van der Waals surface area contributed by atoms with E-state index in [1.165, 1.54) is 4.90 Å². The number of carbonyl (C=O) groups is 2. The number of hydrogen-bond acceptors (Lipinski definition) is 2. The maximum atomic E-state index is 11.1. The minimum atomic E-state index is -0.00503. The lowest BCUT2D eigenvalue weighted by atomic mass is 10.3. The van der Waals surface area contributed by atoms with Crippen molar-refractivity contribution in [2.45, 2.75) is 25.7 Å². The van der Waals surface area contributed by atoms with Crippen molar-refractivity contribution in [1.29, 1.82) is 0 Å². The highest BCUT2D eigenvalue weighted by Crippen LogP contribution is 2.12. The largest absolute Gasteiger partial charge is 0.283 e. The Bertz CT molecular complexity index is 177. The predicted molar refractivity (Wildman–Crippen MR) is 49.0 cm³/mol. The summed E-state index contributed by atoms with van der Waals surface area (Å²) in [6, 6.07) is 0. The van der Waals surface area contributed by atoms with Gasteiger partial charge in [-0.3, -0.25) is 14.5 Å².